The summed E-state index contributed by atoms with van der Waals surface area (Å²) < 4.78 is 161. The standard InChI is InChI=1S/C33H28F6N2O10S2/c1-46-24-12-16-28(17-13-24)52(42,43)50-40-30(32(34,35)36)22-4-8-26(9-5-22)48-20-3-21-49-27-10-6-23(7-11-27)31(33(37,38)39)41-51-53(44,45)29-18-14-25(47-2)15-19-29/h4-19H,3,20-21H2,1-2H3/b40-30-,41-31-. The Hall–Kier alpha value is -5.50. The maximum atomic E-state index is 13.7. The second-order valence-corrected chi connectivity index (χ2v) is 13.4. The van der Waals surface area contributed by atoms with Crippen LogP contribution in [-0.2, 0) is 28.8 Å². The molecule has 4 aromatic carbocycles. The van der Waals surface area contributed by atoms with Crippen molar-refractivity contribution >= 4 is 31.7 Å². The first-order valence-electron chi connectivity index (χ1n) is 14.9. The molecule has 0 N–H and O–H groups in total. The summed E-state index contributed by atoms with van der Waals surface area (Å²) in [6, 6.07) is 18.2. The van der Waals surface area contributed by atoms with Crippen LogP contribution in [0, 0.1) is 0 Å². The van der Waals surface area contributed by atoms with Gasteiger partial charge >= 0.3 is 32.6 Å². The van der Waals surface area contributed by atoms with E-state index >= 15 is 0 Å². The number of hydrogen-bond acceptors (Lipinski definition) is 12. The molecule has 0 spiro atoms. The molecule has 0 aliphatic rings. The Morgan fingerprint density at radius 3 is 1.09 bits per heavy atom. The minimum absolute atomic E-state index is 0.0196. The number of rotatable bonds is 16. The van der Waals surface area contributed by atoms with Gasteiger partial charge < -0.3 is 18.9 Å². The average molecular weight is 791 g/mol. The van der Waals surface area contributed by atoms with Gasteiger partial charge in [-0.1, -0.05) is 10.3 Å². The van der Waals surface area contributed by atoms with Crippen molar-refractivity contribution in [2.75, 3.05) is 27.4 Å². The first-order chi connectivity index (χ1) is 24.9. The van der Waals surface area contributed by atoms with Crippen LogP contribution in [0.2, 0.25) is 0 Å². The zero-order chi connectivity index (χ0) is 38.9. The molecule has 12 nitrogen and oxygen atoms in total. The van der Waals surface area contributed by atoms with Gasteiger partial charge in [0, 0.05) is 17.5 Å². The van der Waals surface area contributed by atoms with Gasteiger partial charge in [-0.05, 0) is 97.1 Å². The molecule has 0 atom stereocenters. The fraction of sp³-hybridized carbons (Fsp3) is 0.212. The number of methoxy groups -OCH3 is 2. The number of oxime groups is 2. The highest BCUT2D eigenvalue weighted by atomic mass is 32.2. The van der Waals surface area contributed by atoms with Crippen LogP contribution in [0.15, 0.2) is 117 Å². The maximum absolute atomic E-state index is 13.7. The van der Waals surface area contributed by atoms with E-state index in [0.29, 0.717) is 11.5 Å². The molecule has 4 rings (SSSR count). The number of alkyl halides is 6. The van der Waals surface area contributed by atoms with Gasteiger partial charge in [0.15, 0.2) is 11.4 Å². The van der Waals surface area contributed by atoms with E-state index < -0.39 is 64.9 Å². The number of benzene rings is 4. The van der Waals surface area contributed by atoms with Gasteiger partial charge in [0.25, 0.3) is 0 Å². The average Bonchev–Trinajstić information content (AvgIpc) is 3.11. The normalized spacial score (nSPS) is 12.9. The highest BCUT2D eigenvalue weighted by molar-refractivity contribution is 7.87. The number of ether oxygens (including phenoxy) is 4. The molecule has 0 unspecified atom stereocenters. The number of hydrogen-bond donors (Lipinski definition) is 0. The maximum Gasteiger partial charge on any atom is 0.437 e. The summed E-state index contributed by atoms with van der Waals surface area (Å²) in [4.78, 5) is -0.888. The van der Waals surface area contributed by atoms with E-state index in [2.05, 4.69) is 18.9 Å². The molecule has 0 aliphatic carbocycles. The Kier molecular flexibility index (Phi) is 12.8. The topological polar surface area (TPSA) is 148 Å². The van der Waals surface area contributed by atoms with Crippen molar-refractivity contribution < 1.29 is 70.7 Å². The highest BCUT2D eigenvalue weighted by Gasteiger charge is 2.39. The molecule has 0 saturated carbocycles. The van der Waals surface area contributed by atoms with Crippen LogP contribution in [0.25, 0.3) is 0 Å². The molecule has 0 aromatic heterocycles. The molecule has 0 radical (unpaired) electrons. The van der Waals surface area contributed by atoms with E-state index in [1.54, 1.807) is 0 Å². The van der Waals surface area contributed by atoms with E-state index in [4.69, 9.17) is 18.9 Å². The Morgan fingerprint density at radius 2 is 0.811 bits per heavy atom. The van der Waals surface area contributed by atoms with Crippen LogP contribution in [0.1, 0.15) is 17.5 Å². The summed E-state index contributed by atoms with van der Waals surface area (Å²) in [5.74, 6) is 0.936. The molecule has 0 heterocycles. The Labute approximate surface area is 299 Å². The third-order valence-corrected chi connectivity index (χ3v) is 9.01. The van der Waals surface area contributed by atoms with Crippen LogP contribution in [0.4, 0.5) is 26.3 Å². The van der Waals surface area contributed by atoms with Crippen molar-refractivity contribution in [2.24, 2.45) is 10.3 Å². The lowest BCUT2D eigenvalue weighted by atomic mass is 10.1. The predicted molar refractivity (Wildman–Crippen MR) is 176 cm³/mol. The quantitative estimate of drug-likeness (QED) is 0.0508. The SMILES string of the molecule is COc1ccc(S(=O)(=O)O/N=C(/c2ccc(OCCCOc3ccc(/C(=N/OS(=O)(=O)c4ccc(OC)cc4)C(F)(F)F)cc3)cc2)C(F)(F)F)cc1. The van der Waals surface area contributed by atoms with Crippen molar-refractivity contribution in [3.63, 3.8) is 0 Å². The summed E-state index contributed by atoms with van der Waals surface area (Å²) >= 11 is 0. The van der Waals surface area contributed by atoms with Crippen molar-refractivity contribution in [3.05, 3.63) is 108 Å². The van der Waals surface area contributed by atoms with Crippen LogP contribution >= 0.6 is 0 Å². The molecule has 0 fully saturated rings. The molecule has 0 bridgehead atoms. The lowest BCUT2D eigenvalue weighted by Gasteiger charge is -2.12. The molecular formula is C33H28F6N2O10S2. The van der Waals surface area contributed by atoms with E-state index in [-0.39, 0.29) is 31.1 Å². The highest BCUT2D eigenvalue weighted by Crippen LogP contribution is 2.28. The summed E-state index contributed by atoms with van der Waals surface area (Å²) in [6.07, 6.45) is -9.93. The van der Waals surface area contributed by atoms with E-state index in [1.165, 1.54) is 62.8 Å². The minimum Gasteiger partial charge on any atom is -0.497 e. The number of halogens is 6. The minimum atomic E-state index is -5.08. The van der Waals surface area contributed by atoms with Gasteiger partial charge in [-0.25, -0.2) is 0 Å². The molecule has 4 aromatic rings. The lowest BCUT2D eigenvalue weighted by molar-refractivity contribution is -0.0606. The van der Waals surface area contributed by atoms with Gasteiger partial charge in [-0.3, -0.25) is 8.57 Å². The van der Waals surface area contributed by atoms with Crippen LogP contribution in [0.3, 0.4) is 0 Å². The van der Waals surface area contributed by atoms with Crippen molar-refractivity contribution in [1.29, 1.82) is 0 Å². The smallest absolute Gasteiger partial charge is 0.437 e. The summed E-state index contributed by atoms with van der Waals surface area (Å²) in [5.41, 5.74) is -4.24. The molecule has 0 saturated heterocycles. The predicted octanol–water partition coefficient (Wildman–Crippen LogP) is 6.90. The van der Waals surface area contributed by atoms with Gasteiger partial charge in [0.05, 0.1) is 27.4 Å². The fourth-order valence-corrected chi connectivity index (χ4v) is 5.59. The zero-order valence-corrected chi connectivity index (χ0v) is 29.1. The summed E-state index contributed by atoms with van der Waals surface area (Å²) in [7, 11) is -6.67. The van der Waals surface area contributed by atoms with Crippen molar-refractivity contribution in [2.45, 2.75) is 28.6 Å². The first kappa shape index (κ1) is 40.3. The molecule has 284 valence electrons. The van der Waals surface area contributed by atoms with Crippen LogP contribution in [-0.4, -0.2) is 68.0 Å². The third-order valence-electron chi connectivity index (χ3n) is 6.77. The van der Waals surface area contributed by atoms with E-state index in [0.717, 1.165) is 48.5 Å². The third kappa shape index (κ3) is 11.2. The van der Waals surface area contributed by atoms with Crippen LogP contribution in [0.5, 0.6) is 23.0 Å². The van der Waals surface area contributed by atoms with Gasteiger partial charge in [-0.15, -0.1) is 0 Å². The Morgan fingerprint density at radius 1 is 0.509 bits per heavy atom. The monoisotopic (exact) mass is 790 g/mol. The second-order valence-electron chi connectivity index (χ2n) is 10.4. The number of nitrogens with zero attached hydrogens (tertiary/aromatic N) is 2. The van der Waals surface area contributed by atoms with Crippen LogP contribution < -0.4 is 18.9 Å². The van der Waals surface area contributed by atoms with E-state index in [9.17, 15) is 43.2 Å². The zero-order valence-electron chi connectivity index (χ0n) is 27.4. The summed E-state index contributed by atoms with van der Waals surface area (Å²) in [6.45, 7) is 0.0392. The second kappa shape index (κ2) is 16.9. The van der Waals surface area contributed by atoms with E-state index in [1.807, 2.05) is 0 Å². The molecule has 0 amide bonds. The fourth-order valence-electron chi connectivity index (χ4n) is 4.14. The van der Waals surface area contributed by atoms with Crippen molar-refractivity contribution in [1.82, 2.24) is 0 Å². The van der Waals surface area contributed by atoms with Gasteiger partial charge in [0.2, 0.25) is 0 Å². The van der Waals surface area contributed by atoms with Gasteiger partial charge in [-0.2, -0.15) is 43.2 Å². The molecular weight excluding hydrogens is 762 g/mol. The summed E-state index contributed by atoms with van der Waals surface area (Å²) in [5, 5.41) is 5.76. The molecule has 20 heteroatoms. The van der Waals surface area contributed by atoms with Crippen molar-refractivity contribution in [3.8, 4) is 23.0 Å². The molecule has 0 aliphatic heterocycles. The lowest BCUT2D eigenvalue weighted by Crippen LogP contribution is -2.25. The largest absolute Gasteiger partial charge is 0.497 e. The van der Waals surface area contributed by atoms with Gasteiger partial charge in [0.1, 0.15) is 32.8 Å². The Bertz CT molecular complexity index is 1950. The Balaban J connectivity index is 1.31. The first-order valence-corrected chi connectivity index (χ1v) is 17.7. The molecule has 53 heavy (non-hydrogen) atoms.